The van der Waals surface area contributed by atoms with Crippen molar-refractivity contribution in [3.63, 3.8) is 0 Å². The molecule has 1 aromatic carbocycles. The first-order valence-electron chi connectivity index (χ1n) is 4.44. The molecule has 4 heteroatoms. The van der Waals surface area contributed by atoms with Crippen LogP contribution < -0.4 is 0 Å². The molecule has 2 rings (SSSR count). The predicted molar refractivity (Wildman–Crippen MR) is 54.3 cm³/mol. The van der Waals surface area contributed by atoms with Crippen LogP contribution in [0.25, 0.3) is 10.9 Å². The minimum atomic E-state index is -1.49. The molecule has 0 aliphatic heterocycles. The molecule has 1 heterocycles. The summed E-state index contributed by atoms with van der Waals surface area (Å²) in [6.07, 6.45) is 0.135. The van der Waals surface area contributed by atoms with Crippen molar-refractivity contribution in [1.29, 1.82) is 0 Å². The molecule has 0 amide bonds. The number of aromatic nitrogens is 1. The highest BCUT2D eigenvalue weighted by atomic mass is 16.4. The molecule has 4 nitrogen and oxygen atoms in total. The number of carbonyl (C=O) groups is 1. The third kappa shape index (κ3) is 1.80. The Labute approximate surface area is 85.8 Å². The van der Waals surface area contributed by atoms with Gasteiger partial charge in [-0.25, -0.2) is 4.79 Å². The zero-order valence-electron chi connectivity index (χ0n) is 7.79. The molecule has 2 aromatic rings. The van der Waals surface area contributed by atoms with E-state index in [9.17, 15) is 9.90 Å². The summed E-state index contributed by atoms with van der Waals surface area (Å²) >= 11 is 0. The summed E-state index contributed by atoms with van der Waals surface area (Å²) in [5, 5.41) is 18.9. The van der Waals surface area contributed by atoms with Gasteiger partial charge in [0, 0.05) is 11.6 Å². The van der Waals surface area contributed by atoms with Crippen molar-refractivity contribution in [1.82, 2.24) is 4.98 Å². The molecule has 0 fully saturated rings. The molecule has 0 spiro atoms. The SMILES string of the molecule is O=C(O)C(O)c1ccc2cccnc2c1. The third-order valence-electron chi connectivity index (χ3n) is 2.18. The second-order valence-electron chi connectivity index (χ2n) is 3.20. The van der Waals surface area contributed by atoms with Crippen molar-refractivity contribution in [2.24, 2.45) is 0 Å². The molecule has 1 atom stereocenters. The van der Waals surface area contributed by atoms with Crippen molar-refractivity contribution in [3.8, 4) is 0 Å². The molecule has 0 radical (unpaired) electrons. The second kappa shape index (κ2) is 3.67. The number of aliphatic carboxylic acids is 1. The van der Waals surface area contributed by atoms with Crippen LogP contribution in [-0.4, -0.2) is 21.2 Å². The average Bonchev–Trinajstić information content (AvgIpc) is 2.27. The van der Waals surface area contributed by atoms with Gasteiger partial charge >= 0.3 is 5.97 Å². The van der Waals surface area contributed by atoms with E-state index in [2.05, 4.69) is 4.98 Å². The standard InChI is InChI=1S/C11H9NO3/c13-10(11(14)15)8-4-3-7-2-1-5-12-9(7)6-8/h1-6,10,13H,(H,14,15). The van der Waals surface area contributed by atoms with Crippen molar-refractivity contribution in [2.45, 2.75) is 6.10 Å². The van der Waals surface area contributed by atoms with Crippen molar-refractivity contribution >= 4 is 16.9 Å². The van der Waals surface area contributed by atoms with Gasteiger partial charge in [0.05, 0.1) is 5.52 Å². The lowest BCUT2D eigenvalue weighted by Crippen LogP contribution is -2.10. The maximum absolute atomic E-state index is 10.6. The summed E-state index contributed by atoms with van der Waals surface area (Å²) in [5.41, 5.74) is 1.02. The number of nitrogens with zero attached hydrogens (tertiary/aromatic N) is 1. The van der Waals surface area contributed by atoms with Crippen LogP contribution in [0.15, 0.2) is 36.5 Å². The molecule has 0 saturated carbocycles. The number of aliphatic hydroxyl groups excluding tert-OH is 1. The third-order valence-corrected chi connectivity index (χ3v) is 2.18. The number of benzene rings is 1. The number of hydrogen-bond acceptors (Lipinski definition) is 3. The fourth-order valence-electron chi connectivity index (χ4n) is 1.40. The maximum atomic E-state index is 10.6. The summed E-state index contributed by atoms with van der Waals surface area (Å²) in [5.74, 6) is -1.26. The van der Waals surface area contributed by atoms with E-state index in [4.69, 9.17) is 5.11 Å². The van der Waals surface area contributed by atoms with Crippen LogP contribution >= 0.6 is 0 Å². The van der Waals surface area contributed by atoms with Gasteiger partial charge in [0.25, 0.3) is 0 Å². The van der Waals surface area contributed by atoms with Crippen LogP contribution in [0.1, 0.15) is 11.7 Å². The van der Waals surface area contributed by atoms with Gasteiger partial charge in [-0.05, 0) is 17.7 Å². The van der Waals surface area contributed by atoms with E-state index in [1.54, 1.807) is 30.5 Å². The number of hydrogen-bond donors (Lipinski definition) is 2. The van der Waals surface area contributed by atoms with Crippen LogP contribution in [0.4, 0.5) is 0 Å². The summed E-state index contributed by atoms with van der Waals surface area (Å²) in [7, 11) is 0. The largest absolute Gasteiger partial charge is 0.479 e. The van der Waals surface area contributed by atoms with Crippen molar-refractivity contribution in [3.05, 3.63) is 42.1 Å². The summed E-state index contributed by atoms with van der Waals surface area (Å²) in [6.45, 7) is 0. The number of pyridine rings is 1. The van der Waals surface area contributed by atoms with Crippen LogP contribution in [-0.2, 0) is 4.79 Å². The van der Waals surface area contributed by atoms with Gasteiger partial charge in [0.1, 0.15) is 0 Å². The van der Waals surface area contributed by atoms with Gasteiger partial charge in [0.2, 0.25) is 0 Å². The van der Waals surface area contributed by atoms with E-state index in [1.165, 1.54) is 0 Å². The number of carboxylic acids is 1. The molecular weight excluding hydrogens is 194 g/mol. The van der Waals surface area contributed by atoms with Crippen LogP contribution in [0.2, 0.25) is 0 Å². The fourth-order valence-corrected chi connectivity index (χ4v) is 1.40. The number of carboxylic acid groups (broad SMARTS) is 1. The Hall–Kier alpha value is -1.94. The van der Waals surface area contributed by atoms with Gasteiger partial charge in [-0.2, -0.15) is 0 Å². The Morgan fingerprint density at radius 2 is 2.13 bits per heavy atom. The van der Waals surface area contributed by atoms with E-state index in [0.717, 1.165) is 5.39 Å². The Morgan fingerprint density at radius 3 is 2.87 bits per heavy atom. The fraction of sp³-hybridized carbons (Fsp3) is 0.0909. The topological polar surface area (TPSA) is 70.4 Å². The lowest BCUT2D eigenvalue weighted by molar-refractivity contribution is -0.146. The lowest BCUT2D eigenvalue weighted by atomic mass is 10.1. The Balaban J connectivity index is 2.51. The first-order valence-corrected chi connectivity index (χ1v) is 4.44. The quantitative estimate of drug-likeness (QED) is 0.772. The number of rotatable bonds is 2. The Bertz CT molecular complexity index is 510. The van der Waals surface area contributed by atoms with Crippen molar-refractivity contribution in [2.75, 3.05) is 0 Å². The molecule has 0 saturated heterocycles. The molecule has 15 heavy (non-hydrogen) atoms. The highest BCUT2D eigenvalue weighted by Crippen LogP contribution is 2.18. The average molecular weight is 203 g/mol. The minimum absolute atomic E-state index is 0.341. The molecule has 1 aromatic heterocycles. The molecule has 0 aliphatic rings. The molecule has 0 bridgehead atoms. The van der Waals surface area contributed by atoms with Crippen LogP contribution in [0.3, 0.4) is 0 Å². The Morgan fingerprint density at radius 1 is 1.33 bits per heavy atom. The number of aliphatic hydroxyl groups is 1. The van der Waals surface area contributed by atoms with Crippen LogP contribution in [0.5, 0.6) is 0 Å². The molecule has 76 valence electrons. The van der Waals surface area contributed by atoms with Gasteiger partial charge < -0.3 is 10.2 Å². The normalized spacial score (nSPS) is 12.6. The smallest absolute Gasteiger partial charge is 0.337 e. The summed E-state index contributed by atoms with van der Waals surface area (Å²) < 4.78 is 0. The van der Waals surface area contributed by atoms with E-state index < -0.39 is 12.1 Å². The van der Waals surface area contributed by atoms with E-state index in [1.807, 2.05) is 6.07 Å². The van der Waals surface area contributed by atoms with Crippen molar-refractivity contribution < 1.29 is 15.0 Å². The zero-order chi connectivity index (χ0) is 10.8. The lowest BCUT2D eigenvalue weighted by Gasteiger charge is -2.06. The van der Waals surface area contributed by atoms with Gasteiger partial charge in [-0.15, -0.1) is 0 Å². The van der Waals surface area contributed by atoms with E-state index in [0.29, 0.717) is 11.1 Å². The van der Waals surface area contributed by atoms with Gasteiger partial charge in [-0.3, -0.25) is 4.98 Å². The zero-order valence-corrected chi connectivity index (χ0v) is 7.79. The number of fused-ring (bicyclic) bond motifs is 1. The van der Waals surface area contributed by atoms with Gasteiger partial charge in [0.15, 0.2) is 6.10 Å². The van der Waals surface area contributed by atoms with E-state index >= 15 is 0 Å². The molecule has 0 aliphatic carbocycles. The minimum Gasteiger partial charge on any atom is -0.479 e. The van der Waals surface area contributed by atoms with Gasteiger partial charge in [-0.1, -0.05) is 18.2 Å². The second-order valence-corrected chi connectivity index (χ2v) is 3.20. The highest BCUT2D eigenvalue weighted by molar-refractivity contribution is 5.81. The summed E-state index contributed by atoms with van der Waals surface area (Å²) in [6, 6.07) is 8.58. The highest BCUT2D eigenvalue weighted by Gasteiger charge is 2.15. The van der Waals surface area contributed by atoms with E-state index in [-0.39, 0.29) is 0 Å². The predicted octanol–water partition coefficient (Wildman–Crippen LogP) is 1.35. The summed E-state index contributed by atoms with van der Waals surface area (Å²) in [4.78, 5) is 14.6. The van der Waals surface area contributed by atoms with Crippen LogP contribution in [0, 0.1) is 0 Å². The molecule has 1 unspecified atom stereocenters. The Kier molecular flexibility index (Phi) is 2.35. The maximum Gasteiger partial charge on any atom is 0.337 e. The molecular formula is C11H9NO3. The first kappa shape index (κ1) is 9.61. The first-order chi connectivity index (χ1) is 7.18. The monoisotopic (exact) mass is 203 g/mol. The molecule has 2 N–H and O–H groups in total.